The third-order valence-corrected chi connectivity index (χ3v) is 5.59. The molecule has 5 heteroatoms. The van der Waals surface area contributed by atoms with E-state index in [1.807, 2.05) is 18.2 Å². The molecule has 0 aliphatic carbocycles. The van der Waals surface area contributed by atoms with E-state index in [1.54, 1.807) is 36.4 Å². The van der Waals surface area contributed by atoms with Gasteiger partial charge in [0, 0.05) is 0 Å². The molecule has 0 saturated heterocycles. The first kappa shape index (κ1) is 20.5. The van der Waals surface area contributed by atoms with Crippen LogP contribution in [0, 0.1) is 6.55 Å². The number of carbonyl (C=O) groups excluding carboxylic acids is 1. The van der Waals surface area contributed by atoms with Gasteiger partial charge in [0.2, 0.25) is 0 Å². The Morgan fingerprint density at radius 1 is 0.963 bits per heavy atom. The Bertz CT molecular complexity index is 821. The summed E-state index contributed by atoms with van der Waals surface area (Å²) >= 11 is 0. The molecule has 0 fully saturated rings. The first-order valence-electron chi connectivity index (χ1n) is 8.66. The monoisotopic (exact) mass is 381 g/mol. The molecule has 2 aromatic carbocycles. The summed E-state index contributed by atoms with van der Waals surface area (Å²) in [6, 6.07) is 12.6. The average Bonchev–Trinajstić information content (AvgIpc) is 2.64. The van der Waals surface area contributed by atoms with E-state index in [0.717, 1.165) is 5.19 Å². The zero-order valence-corrected chi connectivity index (χ0v) is 16.9. The minimum Gasteiger partial charge on any atom is -0.486 e. The number of hydrogen-bond donors (Lipinski definition) is 0. The molecular weight excluding hydrogens is 356 g/mol. The lowest BCUT2D eigenvalue weighted by atomic mass is 10.2. The van der Waals surface area contributed by atoms with Crippen molar-refractivity contribution in [2.45, 2.75) is 13.1 Å². The van der Waals surface area contributed by atoms with Gasteiger partial charge >= 0.3 is 5.97 Å². The van der Waals surface area contributed by atoms with Crippen LogP contribution in [0.5, 0.6) is 17.2 Å². The third kappa shape index (κ3) is 5.34. The molecule has 0 heterocycles. The van der Waals surface area contributed by atoms with Crippen molar-refractivity contribution in [2.24, 2.45) is 0 Å². The fourth-order valence-electron chi connectivity index (χ4n) is 2.50. The third-order valence-electron chi connectivity index (χ3n) is 3.72. The van der Waals surface area contributed by atoms with Crippen LogP contribution in [0.3, 0.4) is 0 Å². The summed E-state index contributed by atoms with van der Waals surface area (Å²) in [6.07, 6.45) is 3.23. The lowest BCUT2D eigenvalue weighted by Gasteiger charge is -2.20. The largest absolute Gasteiger partial charge is 0.486 e. The highest BCUT2D eigenvalue weighted by Gasteiger charge is 2.24. The number of para-hydroxylation sites is 2. The molecule has 141 valence electrons. The molecule has 0 atom stereocenters. The molecule has 2 aromatic rings. The van der Waals surface area contributed by atoms with Gasteiger partial charge in [0.05, 0.1) is 8.07 Å². The molecule has 0 amide bonds. The van der Waals surface area contributed by atoms with Gasteiger partial charge in [-0.3, -0.25) is 0 Å². The molecule has 0 saturated carbocycles. The van der Waals surface area contributed by atoms with E-state index in [0.29, 0.717) is 23.9 Å². The number of esters is 1. The van der Waals surface area contributed by atoms with E-state index in [-0.39, 0.29) is 12.2 Å². The van der Waals surface area contributed by atoms with E-state index < -0.39 is 14.0 Å². The second-order valence-corrected chi connectivity index (χ2v) is 10.9. The van der Waals surface area contributed by atoms with Crippen LogP contribution in [-0.2, 0) is 0 Å². The zero-order chi connectivity index (χ0) is 19.9. The summed E-state index contributed by atoms with van der Waals surface area (Å²) in [5.41, 5.74) is 0.289. The van der Waals surface area contributed by atoms with E-state index in [1.165, 1.54) is 0 Å². The van der Waals surface area contributed by atoms with Gasteiger partial charge in [-0.2, -0.15) is 0 Å². The molecule has 2 rings (SSSR count). The fraction of sp³-hybridized carbons (Fsp3) is 0.182. The first-order chi connectivity index (χ1) is 12.9. The van der Waals surface area contributed by atoms with Crippen molar-refractivity contribution >= 4 is 19.2 Å². The summed E-state index contributed by atoms with van der Waals surface area (Å²) in [5.74, 6) is 0.796. The van der Waals surface area contributed by atoms with Gasteiger partial charge in [0.15, 0.2) is 11.5 Å². The smallest absolute Gasteiger partial charge is 0.347 e. The number of benzene rings is 2. The van der Waals surface area contributed by atoms with Crippen molar-refractivity contribution in [2.75, 3.05) is 13.2 Å². The minimum atomic E-state index is -1.92. The Balaban J connectivity index is 2.38. The van der Waals surface area contributed by atoms with Crippen LogP contribution in [0.2, 0.25) is 13.1 Å². The normalized spacial score (nSPS) is 10.8. The van der Waals surface area contributed by atoms with Crippen molar-refractivity contribution in [1.29, 1.82) is 0 Å². The highest BCUT2D eigenvalue weighted by atomic mass is 28.3. The Kier molecular flexibility index (Phi) is 7.02. The van der Waals surface area contributed by atoms with Gasteiger partial charge in [0.1, 0.15) is 24.5 Å². The lowest BCUT2D eigenvalue weighted by molar-refractivity contribution is 0.0731. The van der Waals surface area contributed by atoms with Gasteiger partial charge in [0.25, 0.3) is 0 Å². The van der Waals surface area contributed by atoms with E-state index in [4.69, 9.17) is 14.2 Å². The number of ether oxygens (including phenoxy) is 3. The Morgan fingerprint density at radius 3 is 2.26 bits per heavy atom. The summed E-state index contributed by atoms with van der Waals surface area (Å²) in [5, 5.41) is 0.978. The highest BCUT2D eigenvalue weighted by molar-refractivity contribution is 6.91. The summed E-state index contributed by atoms with van der Waals surface area (Å²) < 4.78 is 17.0. The molecule has 1 radical (unpaired) electrons. The minimum absolute atomic E-state index is 0.240. The Hall–Kier alpha value is -2.79. The van der Waals surface area contributed by atoms with Crippen LogP contribution in [0.1, 0.15) is 10.4 Å². The maximum atomic E-state index is 12.9. The maximum Gasteiger partial charge on any atom is 0.347 e. The van der Waals surface area contributed by atoms with Crippen LogP contribution < -0.4 is 19.4 Å². The molecule has 0 N–H and O–H groups in total. The van der Waals surface area contributed by atoms with Gasteiger partial charge < -0.3 is 14.2 Å². The number of hydrogen-bond acceptors (Lipinski definition) is 4. The van der Waals surface area contributed by atoms with Gasteiger partial charge in [-0.1, -0.05) is 69.2 Å². The van der Waals surface area contributed by atoms with Crippen LogP contribution in [0.15, 0.2) is 67.8 Å². The average molecular weight is 382 g/mol. The van der Waals surface area contributed by atoms with Gasteiger partial charge in [-0.05, 0) is 23.4 Å². The summed E-state index contributed by atoms with van der Waals surface area (Å²) in [7, 11) is -1.92. The number of carbonyl (C=O) groups is 1. The van der Waals surface area contributed by atoms with E-state index in [9.17, 15) is 4.79 Å². The summed E-state index contributed by atoms with van der Waals surface area (Å²) in [4.78, 5) is 12.9. The molecule has 27 heavy (non-hydrogen) atoms. The molecule has 4 nitrogen and oxygen atoms in total. The van der Waals surface area contributed by atoms with E-state index in [2.05, 4.69) is 32.8 Å². The lowest BCUT2D eigenvalue weighted by Crippen LogP contribution is -2.39. The van der Waals surface area contributed by atoms with Crippen molar-refractivity contribution in [3.8, 4) is 17.2 Å². The van der Waals surface area contributed by atoms with Crippen molar-refractivity contribution in [3.05, 3.63) is 79.9 Å². The maximum absolute atomic E-state index is 12.9. The first-order valence-corrected chi connectivity index (χ1v) is 11.9. The number of rotatable bonds is 9. The fourth-order valence-corrected chi connectivity index (χ4v) is 3.85. The molecular formula is C22H25O4Si. The molecule has 0 unspecified atom stereocenters. The van der Waals surface area contributed by atoms with Gasteiger partial charge in [-0.15, -0.1) is 0 Å². The van der Waals surface area contributed by atoms with Crippen LogP contribution in [0.4, 0.5) is 0 Å². The topological polar surface area (TPSA) is 44.8 Å². The van der Waals surface area contributed by atoms with Crippen molar-refractivity contribution in [3.63, 3.8) is 0 Å². The Morgan fingerprint density at radius 2 is 1.59 bits per heavy atom. The SMILES string of the molecule is [CH2][Si](C)(C)c1ccccc1OC(=O)c1cccc(OCC=C)c1OCC=C. The quantitative estimate of drug-likeness (QED) is 0.281. The standard InChI is InChI=1S/C22H25O4Si/c1-6-15-24-19-13-10-11-17(21(19)25-16-7-2)22(23)26-18-12-8-9-14-20(18)27(3,4)5/h6-14H,1-3,15-16H2,4-5H3. The zero-order valence-electron chi connectivity index (χ0n) is 15.9. The second-order valence-electron chi connectivity index (χ2n) is 6.60. The predicted molar refractivity (Wildman–Crippen MR) is 112 cm³/mol. The summed E-state index contributed by atoms with van der Waals surface area (Å²) in [6.45, 7) is 16.3. The molecule has 0 aliphatic rings. The molecule has 0 bridgehead atoms. The molecule has 0 spiro atoms. The second kappa shape index (κ2) is 9.23. The highest BCUT2D eigenvalue weighted by Crippen LogP contribution is 2.32. The Labute approximate surface area is 162 Å². The van der Waals surface area contributed by atoms with Crippen LogP contribution >= 0.6 is 0 Å². The molecule has 0 aliphatic heterocycles. The molecule has 0 aromatic heterocycles. The van der Waals surface area contributed by atoms with Gasteiger partial charge in [-0.25, -0.2) is 4.79 Å². The van der Waals surface area contributed by atoms with E-state index >= 15 is 0 Å². The van der Waals surface area contributed by atoms with Crippen LogP contribution in [0.25, 0.3) is 0 Å². The van der Waals surface area contributed by atoms with Crippen molar-refractivity contribution < 1.29 is 19.0 Å². The van der Waals surface area contributed by atoms with Crippen molar-refractivity contribution in [1.82, 2.24) is 0 Å². The predicted octanol–water partition coefficient (Wildman–Crippen LogP) is 4.32. The van der Waals surface area contributed by atoms with Crippen LogP contribution in [-0.4, -0.2) is 27.3 Å².